The van der Waals surface area contributed by atoms with Crippen LogP contribution in [-0.2, 0) is 7.05 Å². The van der Waals surface area contributed by atoms with Gasteiger partial charge in [-0.2, -0.15) is 5.10 Å². The molecule has 4 heterocycles. The number of likely N-dealkylation sites (tertiary alicyclic amines) is 1. The molecule has 2 fully saturated rings. The number of nitrogens with zero attached hydrogens (tertiary/aromatic N) is 5. The van der Waals surface area contributed by atoms with Crippen molar-refractivity contribution in [2.24, 2.45) is 7.05 Å². The smallest absolute Gasteiger partial charge is 0.259 e. The van der Waals surface area contributed by atoms with Gasteiger partial charge in [0, 0.05) is 39.3 Å². The van der Waals surface area contributed by atoms with Crippen LogP contribution in [0, 0.1) is 0 Å². The van der Waals surface area contributed by atoms with Gasteiger partial charge in [-0.3, -0.25) is 9.48 Å². The zero-order chi connectivity index (χ0) is 18.1. The molecule has 26 heavy (non-hydrogen) atoms. The van der Waals surface area contributed by atoms with Gasteiger partial charge in [0.05, 0.1) is 12.7 Å². The van der Waals surface area contributed by atoms with Gasteiger partial charge in [0.15, 0.2) is 11.6 Å². The number of anilines is 2. The van der Waals surface area contributed by atoms with Crippen molar-refractivity contribution in [1.29, 1.82) is 0 Å². The number of carbonyl (C=O) groups is 1. The number of aryl methyl sites for hydroxylation is 1. The number of nitrogen functional groups attached to an aromatic ring is 1. The van der Waals surface area contributed by atoms with E-state index in [1.807, 2.05) is 12.1 Å². The molecule has 2 saturated heterocycles. The Morgan fingerprint density at radius 3 is 2.85 bits per heavy atom. The van der Waals surface area contributed by atoms with Crippen LogP contribution in [0.5, 0.6) is 5.75 Å². The van der Waals surface area contributed by atoms with Crippen LogP contribution in [0.3, 0.4) is 0 Å². The van der Waals surface area contributed by atoms with E-state index in [-0.39, 0.29) is 12.0 Å². The van der Waals surface area contributed by atoms with Gasteiger partial charge >= 0.3 is 0 Å². The quantitative estimate of drug-likeness (QED) is 0.888. The molecule has 8 heteroatoms. The standard InChI is InChI=1S/C18H24N6O2/c1-22-16(19)14(11-21-22)18(25)24-10-6-13(12-24)26-15-5-4-7-20-17(15)23-8-2-3-9-23/h4-5,7,11,13H,2-3,6,8-10,12,19H2,1H3/t13-/m1/s1. The summed E-state index contributed by atoms with van der Waals surface area (Å²) in [6.07, 6.45) is 6.46. The average molecular weight is 356 g/mol. The molecule has 0 unspecified atom stereocenters. The van der Waals surface area contributed by atoms with E-state index in [0.29, 0.717) is 24.5 Å². The van der Waals surface area contributed by atoms with Gasteiger partial charge < -0.3 is 20.3 Å². The highest BCUT2D eigenvalue weighted by Crippen LogP contribution is 2.30. The first-order chi connectivity index (χ1) is 12.6. The van der Waals surface area contributed by atoms with E-state index in [9.17, 15) is 4.79 Å². The van der Waals surface area contributed by atoms with Gasteiger partial charge in [0.25, 0.3) is 5.91 Å². The van der Waals surface area contributed by atoms with Crippen molar-refractivity contribution in [3.8, 4) is 5.75 Å². The van der Waals surface area contributed by atoms with E-state index >= 15 is 0 Å². The van der Waals surface area contributed by atoms with Gasteiger partial charge in [-0.05, 0) is 25.0 Å². The number of hydrogen-bond acceptors (Lipinski definition) is 6. The third-order valence-corrected chi connectivity index (χ3v) is 5.10. The monoisotopic (exact) mass is 356 g/mol. The Bertz CT molecular complexity index is 799. The molecule has 2 aliphatic rings. The molecule has 0 saturated carbocycles. The van der Waals surface area contributed by atoms with Crippen LogP contribution >= 0.6 is 0 Å². The van der Waals surface area contributed by atoms with Crippen LogP contribution in [0.1, 0.15) is 29.6 Å². The van der Waals surface area contributed by atoms with E-state index in [1.165, 1.54) is 23.7 Å². The molecule has 0 aliphatic carbocycles. The van der Waals surface area contributed by atoms with Crippen molar-refractivity contribution in [3.63, 3.8) is 0 Å². The maximum Gasteiger partial charge on any atom is 0.259 e. The van der Waals surface area contributed by atoms with E-state index < -0.39 is 0 Å². The number of aromatic nitrogens is 3. The van der Waals surface area contributed by atoms with Crippen LogP contribution in [0.4, 0.5) is 11.6 Å². The normalized spacial score (nSPS) is 20.0. The Labute approximate surface area is 152 Å². The lowest BCUT2D eigenvalue weighted by molar-refractivity contribution is 0.0773. The fourth-order valence-electron chi connectivity index (χ4n) is 3.61. The minimum Gasteiger partial charge on any atom is -0.485 e. The fourth-order valence-corrected chi connectivity index (χ4v) is 3.61. The summed E-state index contributed by atoms with van der Waals surface area (Å²) >= 11 is 0. The Morgan fingerprint density at radius 1 is 1.31 bits per heavy atom. The zero-order valence-corrected chi connectivity index (χ0v) is 15.0. The average Bonchev–Trinajstić information content (AvgIpc) is 3.39. The van der Waals surface area contributed by atoms with Crippen molar-refractivity contribution in [2.45, 2.75) is 25.4 Å². The molecule has 1 amide bonds. The predicted octanol–water partition coefficient (Wildman–Crippen LogP) is 1.29. The molecule has 8 nitrogen and oxygen atoms in total. The minimum atomic E-state index is -0.0901. The molecule has 2 N–H and O–H groups in total. The van der Waals surface area contributed by atoms with Crippen molar-refractivity contribution >= 4 is 17.5 Å². The molecule has 0 radical (unpaired) electrons. The number of ether oxygens (including phenoxy) is 1. The van der Waals surface area contributed by atoms with Gasteiger partial charge in [0.2, 0.25) is 0 Å². The topological polar surface area (TPSA) is 89.5 Å². The summed E-state index contributed by atoms with van der Waals surface area (Å²) in [7, 11) is 1.73. The first-order valence-corrected chi connectivity index (χ1v) is 9.07. The number of pyridine rings is 1. The summed E-state index contributed by atoms with van der Waals surface area (Å²) in [5.74, 6) is 2.01. The number of carbonyl (C=O) groups excluding carboxylic acids is 1. The lowest BCUT2D eigenvalue weighted by Crippen LogP contribution is -2.31. The van der Waals surface area contributed by atoms with Crippen molar-refractivity contribution in [1.82, 2.24) is 19.7 Å². The predicted molar refractivity (Wildman–Crippen MR) is 98.2 cm³/mol. The summed E-state index contributed by atoms with van der Waals surface area (Å²) < 4.78 is 7.73. The lowest BCUT2D eigenvalue weighted by atomic mass is 10.3. The van der Waals surface area contributed by atoms with Crippen LogP contribution in [0.25, 0.3) is 0 Å². The van der Waals surface area contributed by atoms with E-state index in [1.54, 1.807) is 18.1 Å². The second-order valence-electron chi connectivity index (χ2n) is 6.87. The first kappa shape index (κ1) is 16.7. The summed E-state index contributed by atoms with van der Waals surface area (Å²) in [6.45, 7) is 3.23. The highest BCUT2D eigenvalue weighted by atomic mass is 16.5. The Balaban J connectivity index is 1.44. The Morgan fingerprint density at radius 2 is 2.12 bits per heavy atom. The van der Waals surface area contributed by atoms with E-state index in [2.05, 4.69) is 15.0 Å². The van der Waals surface area contributed by atoms with Crippen LogP contribution in [0.15, 0.2) is 24.5 Å². The molecular formula is C18H24N6O2. The summed E-state index contributed by atoms with van der Waals surface area (Å²) in [6, 6.07) is 3.85. The highest BCUT2D eigenvalue weighted by molar-refractivity contribution is 5.98. The molecule has 1 atom stereocenters. The molecular weight excluding hydrogens is 332 g/mol. The molecule has 0 aromatic carbocycles. The highest BCUT2D eigenvalue weighted by Gasteiger charge is 2.31. The van der Waals surface area contributed by atoms with Crippen LogP contribution in [-0.4, -0.2) is 57.9 Å². The van der Waals surface area contributed by atoms with E-state index in [0.717, 1.165) is 31.1 Å². The maximum atomic E-state index is 12.7. The Kier molecular flexibility index (Phi) is 4.40. The SMILES string of the molecule is Cn1ncc(C(=O)N2CC[C@@H](Oc3cccnc3N3CCCC3)C2)c1N. The second-order valence-corrected chi connectivity index (χ2v) is 6.87. The lowest BCUT2D eigenvalue weighted by Gasteiger charge is -2.22. The van der Waals surface area contributed by atoms with Gasteiger partial charge in [-0.25, -0.2) is 4.98 Å². The fraction of sp³-hybridized carbons (Fsp3) is 0.500. The summed E-state index contributed by atoms with van der Waals surface area (Å²) in [5.41, 5.74) is 6.38. The van der Waals surface area contributed by atoms with Gasteiger partial charge in [-0.15, -0.1) is 0 Å². The first-order valence-electron chi connectivity index (χ1n) is 9.07. The van der Waals surface area contributed by atoms with Crippen LogP contribution in [0.2, 0.25) is 0 Å². The Hall–Kier alpha value is -2.77. The molecule has 4 rings (SSSR count). The van der Waals surface area contributed by atoms with E-state index in [4.69, 9.17) is 10.5 Å². The van der Waals surface area contributed by atoms with Crippen molar-refractivity contribution in [3.05, 3.63) is 30.1 Å². The van der Waals surface area contributed by atoms with Crippen LogP contribution < -0.4 is 15.4 Å². The molecule has 2 aromatic heterocycles. The van der Waals surface area contributed by atoms with Gasteiger partial charge in [0.1, 0.15) is 17.5 Å². The summed E-state index contributed by atoms with van der Waals surface area (Å²) in [5, 5.41) is 4.05. The van der Waals surface area contributed by atoms with Crippen molar-refractivity contribution < 1.29 is 9.53 Å². The summed E-state index contributed by atoms with van der Waals surface area (Å²) in [4.78, 5) is 21.2. The molecule has 2 aromatic rings. The number of hydrogen-bond donors (Lipinski definition) is 1. The third kappa shape index (κ3) is 3.07. The maximum absolute atomic E-state index is 12.7. The largest absolute Gasteiger partial charge is 0.485 e. The molecule has 0 spiro atoms. The number of rotatable bonds is 4. The second kappa shape index (κ2) is 6.86. The minimum absolute atomic E-state index is 0.0394. The zero-order valence-electron chi connectivity index (χ0n) is 15.0. The molecule has 2 aliphatic heterocycles. The molecule has 138 valence electrons. The van der Waals surface area contributed by atoms with Crippen molar-refractivity contribution in [2.75, 3.05) is 36.8 Å². The van der Waals surface area contributed by atoms with Gasteiger partial charge in [-0.1, -0.05) is 0 Å². The molecule has 0 bridgehead atoms. The third-order valence-electron chi connectivity index (χ3n) is 5.10. The number of amides is 1. The number of nitrogens with two attached hydrogens (primary N) is 1.